The number of aromatic nitrogens is 4. The highest BCUT2D eigenvalue weighted by atomic mass is 32.2. The molecule has 0 bridgehead atoms. The minimum Gasteiger partial charge on any atom is -0.338 e. The molecular formula is C19H16N4OS. The Morgan fingerprint density at radius 1 is 1.08 bits per heavy atom. The Morgan fingerprint density at radius 2 is 1.88 bits per heavy atom. The van der Waals surface area contributed by atoms with Crippen molar-refractivity contribution in [1.82, 2.24) is 20.2 Å². The zero-order valence-corrected chi connectivity index (χ0v) is 14.5. The van der Waals surface area contributed by atoms with Gasteiger partial charge in [-0.05, 0) is 18.1 Å². The number of benzene rings is 2. The number of aromatic amines is 1. The van der Waals surface area contributed by atoms with Crippen LogP contribution in [-0.2, 0) is 6.42 Å². The Morgan fingerprint density at radius 3 is 2.68 bits per heavy atom. The molecule has 4 aromatic rings. The lowest BCUT2D eigenvalue weighted by Gasteiger charge is -2.02. The second-order valence-electron chi connectivity index (χ2n) is 5.72. The number of aryl methyl sites for hydroxylation is 1. The van der Waals surface area contributed by atoms with E-state index in [4.69, 9.17) is 0 Å². The molecule has 0 aliphatic rings. The van der Waals surface area contributed by atoms with Crippen molar-refractivity contribution in [3.8, 4) is 0 Å². The topological polar surface area (TPSA) is 71.5 Å². The molecule has 0 aliphatic carbocycles. The second kappa shape index (κ2) is 6.64. The van der Waals surface area contributed by atoms with E-state index in [1.165, 1.54) is 17.3 Å². The first-order valence-corrected chi connectivity index (χ1v) is 9.09. The number of hydrogen-bond donors (Lipinski definition) is 1. The maximum Gasteiger partial charge on any atom is 0.211 e. The zero-order valence-electron chi connectivity index (χ0n) is 13.7. The van der Waals surface area contributed by atoms with Crippen LogP contribution in [0.2, 0.25) is 0 Å². The van der Waals surface area contributed by atoms with Gasteiger partial charge in [0.1, 0.15) is 5.52 Å². The molecule has 0 saturated heterocycles. The summed E-state index contributed by atoms with van der Waals surface area (Å²) < 4.78 is 0. The predicted molar refractivity (Wildman–Crippen MR) is 100 cm³/mol. The molecule has 0 aliphatic heterocycles. The molecule has 0 radical (unpaired) electrons. The van der Waals surface area contributed by atoms with Gasteiger partial charge >= 0.3 is 0 Å². The molecule has 5 nitrogen and oxygen atoms in total. The average Bonchev–Trinajstić information content (AvgIpc) is 3.04. The molecule has 1 N–H and O–H groups in total. The highest BCUT2D eigenvalue weighted by molar-refractivity contribution is 7.99. The monoisotopic (exact) mass is 348 g/mol. The van der Waals surface area contributed by atoms with Crippen LogP contribution in [0.5, 0.6) is 0 Å². The van der Waals surface area contributed by atoms with Gasteiger partial charge in [-0.15, -0.1) is 10.2 Å². The van der Waals surface area contributed by atoms with Gasteiger partial charge in [-0.25, -0.2) is 4.98 Å². The van der Waals surface area contributed by atoms with E-state index in [2.05, 4.69) is 27.1 Å². The van der Waals surface area contributed by atoms with Crippen molar-refractivity contribution in [1.29, 1.82) is 0 Å². The lowest BCUT2D eigenvalue weighted by molar-refractivity contribution is 0.102. The highest BCUT2D eigenvalue weighted by Gasteiger charge is 2.11. The first-order chi connectivity index (χ1) is 12.2. The van der Waals surface area contributed by atoms with E-state index in [9.17, 15) is 4.79 Å². The number of para-hydroxylation sites is 1. The Kier molecular flexibility index (Phi) is 4.19. The van der Waals surface area contributed by atoms with Gasteiger partial charge in [-0.2, -0.15) is 0 Å². The van der Waals surface area contributed by atoms with Gasteiger partial charge in [-0.3, -0.25) is 4.79 Å². The number of carbonyl (C=O) groups is 1. The predicted octanol–water partition coefficient (Wildman–Crippen LogP) is 4.04. The van der Waals surface area contributed by atoms with Gasteiger partial charge in [-0.1, -0.05) is 61.2 Å². The molecule has 2 heterocycles. The summed E-state index contributed by atoms with van der Waals surface area (Å²) in [6.45, 7) is 2.09. The lowest BCUT2D eigenvalue weighted by atomic mass is 10.1. The van der Waals surface area contributed by atoms with Crippen molar-refractivity contribution in [3.63, 3.8) is 0 Å². The molecule has 6 heteroatoms. The first-order valence-electron chi connectivity index (χ1n) is 8.10. The van der Waals surface area contributed by atoms with E-state index in [1.807, 2.05) is 48.5 Å². The highest BCUT2D eigenvalue weighted by Crippen LogP contribution is 2.23. The smallest absolute Gasteiger partial charge is 0.211 e. The summed E-state index contributed by atoms with van der Waals surface area (Å²) in [5, 5.41) is 9.92. The van der Waals surface area contributed by atoms with Gasteiger partial charge in [0.15, 0.2) is 11.4 Å². The van der Waals surface area contributed by atoms with Crippen LogP contribution in [-0.4, -0.2) is 31.7 Å². The Labute approximate surface area is 148 Å². The summed E-state index contributed by atoms with van der Waals surface area (Å²) in [6.07, 6.45) is 0.966. The maximum atomic E-state index is 12.3. The Hall–Kier alpha value is -2.73. The number of rotatable bonds is 5. The lowest BCUT2D eigenvalue weighted by Crippen LogP contribution is -2.03. The fourth-order valence-electron chi connectivity index (χ4n) is 2.71. The third-order valence-corrected chi connectivity index (χ3v) is 4.96. The van der Waals surface area contributed by atoms with Gasteiger partial charge in [0, 0.05) is 16.5 Å². The van der Waals surface area contributed by atoms with Crippen LogP contribution in [0.4, 0.5) is 0 Å². The molecule has 0 amide bonds. The van der Waals surface area contributed by atoms with E-state index in [0.29, 0.717) is 22.1 Å². The number of Topliss-reactive ketones (excluding diaryl/α,β-unsaturated/α-hetero) is 1. The van der Waals surface area contributed by atoms with Crippen molar-refractivity contribution < 1.29 is 4.79 Å². The second-order valence-corrected chi connectivity index (χ2v) is 6.67. The van der Waals surface area contributed by atoms with Crippen LogP contribution in [0.1, 0.15) is 22.8 Å². The number of nitrogens with one attached hydrogen (secondary N) is 1. The molecule has 25 heavy (non-hydrogen) atoms. The quantitative estimate of drug-likeness (QED) is 0.435. The molecule has 0 fully saturated rings. The molecule has 0 unspecified atom stereocenters. The molecule has 0 saturated carbocycles. The van der Waals surface area contributed by atoms with Crippen LogP contribution >= 0.6 is 11.8 Å². The maximum absolute atomic E-state index is 12.3. The van der Waals surface area contributed by atoms with Gasteiger partial charge in [0.05, 0.1) is 5.75 Å². The molecule has 2 aromatic heterocycles. The van der Waals surface area contributed by atoms with E-state index < -0.39 is 0 Å². The van der Waals surface area contributed by atoms with Crippen molar-refractivity contribution in [2.24, 2.45) is 0 Å². The number of carbonyl (C=O) groups excluding carboxylic acids is 1. The Bertz CT molecular complexity index is 1060. The number of thioether (sulfide) groups is 1. The zero-order chi connectivity index (χ0) is 17.2. The van der Waals surface area contributed by atoms with Gasteiger partial charge in [0.2, 0.25) is 5.16 Å². The van der Waals surface area contributed by atoms with Crippen LogP contribution in [0.15, 0.2) is 53.7 Å². The van der Waals surface area contributed by atoms with Crippen LogP contribution in [0.25, 0.3) is 22.1 Å². The fourth-order valence-corrected chi connectivity index (χ4v) is 3.39. The van der Waals surface area contributed by atoms with Crippen LogP contribution in [0, 0.1) is 0 Å². The Balaban J connectivity index is 1.52. The van der Waals surface area contributed by atoms with E-state index in [1.54, 1.807) is 0 Å². The van der Waals surface area contributed by atoms with E-state index in [0.717, 1.165) is 22.8 Å². The third kappa shape index (κ3) is 3.13. The van der Waals surface area contributed by atoms with Crippen LogP contribution < -0.4 is 0 Å². The number of H-pyrrole nitrogens is 1. The van der Waals surface area contributed by atoms with Crippen molar-refractivity contribution in [3.05, 3.63) is 59.7 Å². The molecule has 0 atom stereocenters. The average molecular weight is 348 g/mol. The van der Waals surface area contributed by atoms with Crippen molar-refractivity contribution in [2.75, 3.05) is 5.75 Å². The van der Waals surface area contributed by atoms with Crippen LogP contribution in [0.3, 0.4) is 0 Å². The number of hydrogen-bond acceptors (Lipinski definition) is 5. The minimum atomic E-state index is 0.0630. The third-order valence-electron chi connectivity index (χ3n) is 4.12. The molecule has 4 rings (SSSR count). The van der Waals surface area contributed by atoms with Gasteiger partial charge in [0.25, 0.3) is 0 Å². The largest absolute Gasteiger partial charge is 0.338 e. The minimum absolute atomic E-state index is 0.0630. The first kappa shape index (κ1) is 15.8. The summed E-state index contributed by atoms with van der Waals surface area (Å²) in [7, 11) is 0. The fraction of sp³-hybridized carbons (Fsp3) is 0.158. The number of nitrogens with zero attached hydrogens (tertiary/aromatic N) is 3. The normalized spacial score (nSPS) is 11.2. The molecule has 124 valence electrons. The summed E-state index contributed by atoms with van der Waals surface area (Å²) in [5.74, 6) is 0.354. The summed E-state index contributed by atoms with van der Waals surface area (Å²) >= 11 is 1.30. The van der Waals surface area contributed by atoms with E-state index >= 15 is 0 Å². The summed E-state index contributed by atoms with van der Waals surface area (Å²) in [6, 6.07) is 15.6. The van der Waals surface area contributed by atoms with E-state index in [-0.39, 0.29) is 5.78 Å². The molecule has 2 aromatic carbocycles. The number of fused-ring (bicyclic) bond motifs is 3. The summed E-state index contributed by atoms with van der Waals surface area (Å²) in [4.78, 5) is 20.0. The standard InChI is InChI=1S/C19H16N4OS/c1-2-12-7-9-13(10-8-12)16(24)11-25-19-21-18-17(22-23-19)14-5-3-4-6-15(14)20-18/h3-10H,2,11H2,1H3,(H,20,21,23). The molecule has 0 spiro atoms. The van der Waals surface area contributed by atoms with Gasteiger partial charge < -0.3 is 4.98 Å². The summed E-state index contributed by atoms with van der Waals surface area (Å²) in [5.41, 5.74) is 4.36. The van der Waals surface area contributed by atoms with Crippen molar-refractivity contribution >= 4 is 39.6 Å². The van der Waals surface area contributed by atoms with Crippen molar-refractivity contribution in [2.45, 2.75) is 18.5 Å². The SMILES string of the molecule is CCc1ccc(C(=O)CSc2nnc3c(n2)[nH]c2ccccc23)cc1. The number of ketones is 1. The molecular weight excluding hydrogens is 332 g/mol.